The number of H-pyrrole nitrogens is 1. The Morgan fingerprint density at radius 2 is 2.09 bits per heavy atom. The lowest BCUT2D eigenvalue weighted by Gasteiger charge is -2.43. The Labute approximate surface area is 200 Å². The smallest absolute Gasteiger partial charge is 0.229 e. The van der Waals surface area contributed by atoms with Crippen molar-refractivity contribution in [3.05, 3.63) is 64.8 Å². The number of aliphatic hydroxyl groups is 1. The second-order valence-corrected chi connectivity index (χ2v) is 9.41. The zero-order valence-corrected chi connectivity index (χ0v) is 20.2. The first kappa shape index (κ1) is 23.6. The largest absolute Gasteiger partial charge is 0.497 e. The fraction of sp³-hybridized carbons (Fsp3) is 0.423. The van der Waals surface area contributed by atoms with E-state index in [2.05, 4.69) is 22.0 Å². The van der Waals surface area contributed by atoms with E-state index in [1.165, 1.54) is 10.9 Å². The van der Waals surface area contributed by atoms with Crippen LogP contribution in [-0.4, -0.2) is 65.2 Å². The summed E-state index contributed by atoms with van der Waals surface area (Å²) in [5, 5.41) is 12.4. The molecule has 7 heteroatoms. The van der Waals surface area contributed by atoms with E-state index in [4.69, 9.17) is 16.3 Å². The minimum Gasteiger partial charge on any atom is -0.497 e. The van der Waals surface area contributed by atoms with Crippen molar-refractivity contribution < 1.29 is 14.6 Å². The molecule has 0 bridgehead atoms. The Morgan fingerprint density at radius 1 is 1.30 bits per heavy atom. The molecule has 2 aromatic carbocycles. The number of aromatic amines is 1. The second-order valence-electron chi connectivity index (χ2n) is 8.97. The highest BCUT2D eigenvalue weighted by Gasteiger charge is 2.41. The third kappa shape index (κ3) is 5.18. The molecule has 6 nitrogen and oxygen atoms in total. The maximum atomic E-state index is 13.4. The molecule has 0 spiro atoms. The van der Waals surface area contributed by atoms with Crippen LogP contribution >= 0.6 is 11.6 Å². The van der Waals surface area contributed by atoms with E-state index in [0.717, 1.165) is 23.9 Å². The highest BCUT2D eigenvalue weighted by molar-refractivity contribution is 6.30. The number of carbonyl (C=O) groups is 1. The molecular weight excluding hydrogens is 438 g/mol. The molecule has 0 saturated carbocycles. The Kier molecular flexibility index (Phi) is 7.27. The highest BCUT2D eigenvalue weighted by atomic mass is 35.5. The number of methoxy groups -OCH3 is 1. The van der Waals surface area contributed by atoms with Crippen LogP contribution in [0.5, 0.6) is 5.75 Å². The van der Waals surface area contributed by atoms with E-state index in [9.17, 15) is 9.90 Å². The molecule has 2 N–H and O–H groups in total. The summed E-state index contributed by atoms with van der Waals surface area (Å²) in [4.78, 5) is 20.8. The molecule has 3 aromatic rings. The number of likely N-dealkylation sites (tertiary alicyclic amines) is 1. The maximum Gasteiger partial charge on any atom is 0.229 e. The van der Waals surface area contributed by atoms with Crippen molar-refractivity contribution in [2.24, 2.45) is 5.92 Å². The van der Waals surface area contributed by atoms with Gasteiger partial charge in [-0.2, -0.15) is 0 Å². The summed E-state index contributed by atoms with van der Waals surface area (Å²) in [5.41, 5.74) is 3.33. The number of benzene rings is 2. The third-order valence-corrected chi connectivity index (χ3v) is 6.93. The molecule has 3 atom stereocenters. The van der Waals surface area contributed by atoms with Crippen LogP contribution in [0.4, 0.5) is 0 Å². The standard InChI is InChI=1S/C26H32ClN3O3/c1-17(31)25-24(29(2)16-18-12-20(27)14-21(13-18)33-3)9-11-30(26(25)32)10-8-19-15-28-23-7-5-4-6-22(19)23/h4-7,12-15,17,24-25,28,31H,8-11,16H2,1-3H3/t17?,24-,25-/m0/s1. The number of hydrogen-bond acceptors (Lipinski definition) is 4. The van der Waals surface area contributed by atoms with Gasteiger partial charge in [-0.25, -0.2) is 0 Å². The zero-order valence-electron chi connectivity index (χ0n) is 19.4. The normalized spacial score (nSPS) is 19.9. The molecule has 1 amide bonds. The number of para-hydroxylation sites is 1. The molecule has 1 saturated heterocycles. The van der Waals surface area contributed by atoms with Gasteiger partial charge >= 0.3 is 0 Å². The molecule has 4 rings (SSSR count). The van der Waals surface area contributed by atoms with Gasteiger partial charge in [0.2, 0.25) is 5.91 Å². The van der Waals surface area contributed by atoms with Gasteiger partial charge in [0.25, 0.3) is 0 Å². The molecular formula is C26H32ClN3O3. The van der Waals surface area contributed by atoms with Crippen molar-refractivity contribution in [1.82, 2.24) is 14.8 Å². The van der Waals surface area contributed by atoms with Gasteiger partial charge in [0, 0.05) is 47.8 Å². The van der Waals surface area contributed by atoms with E-state index in [1.807, 2.05) is 42.4 Å². The molecule has 176 valence electrons. The van der Waals surface area contributed by atoms with Crippen molar-refractivity contribution in [3.8, 4) is 5.75 Å². The van der Waals surface area contributed by atoms with Gasteiger partial charge in [0.1, 0.15) is 5.75 Å². The predicted molar refractivity (Wildman–Crippen MR) is 132 cm³/mol. The second kappa shape index (κ2) is 10.2. The van der Waals surface area contributed by atoms with Crippen LogP contribution in [0, 0.1) is 5.92 Å². The van der Waals surface area contributed by atoms with Gasteiger partial charge in [-0.3, -0.25) is 9.69 Å². The summed E-state index contributed by atoms with van der Waals surface area (Å²) >= 11 is 6.23. The molecule has 1 unspecified atom stereocenters. The molecule has 1 aromatic heterocycles. The van der Waals surface area contributed by atoms with Crippen LogP contribution in [0.25, 0.3) is 10.9 Å². The average Bonchev–Trinajstić information content (AvgIpc) is 3.20. The zero-order chi connectivity index (χ0) is 23.5. The number of fused-ring (bicyclic) bond motifs is 1. The lowest BCUT2D eigenvalue weighted by atomic mass is 9.85. The summed E-state index contributed by atoms with van der Waals surface area (Å²) in [6.45, 7) is 3.66. The van der Waals surface area contributed by atoms with E-state index < -0.39 is 12.0 Å². The first-order valence-corrected chi connectivity index (χ1v) is 11.8. The summed E-state index contributed by atoms with van der Waals surface area (Å²) < 4.78 is 5.33. The van der Waals surface area contributed by atoms with Crippen molar-refractivity contribution in [3.63, 3.8) is 0 Å². The van der Waals surface area contributed by atoms with Gasteiger partial charge < -0.3 is 19.7 Å². The molecule has 1 fully saturated rings. The van der Waals surface area contributed by atoms with Crippen LogP contribution in [0.1, 0.15) is 24.5 Å². The van der Waals surface area contributed by atoms with Crippen molar-refractivity contribution in [2.45, 2.75) is 38.5 Å². The van der Waals surface area contributed by atoms with E-state index in [0.29, 0.717) is 30.4 Å². The van der Waals surface area contributed by atoms with Crippen LogP contribution < -0.4 is 4.74 Å². The number of hydrogen-bond donors (Lipinski definition) is 2. The molecule has 1 aliphatic rings. The number of nitrogens with zero attached hydrogens (tertiary/aromatic N) is 2. The molecule has 0 radical (unpaired) electrons. The lowest BCUT2D eigenvalue weighted by molar-refractivity contribution is -0.147. The SMILES string of the molecule is COc1cc(Cl)cc(CN(C)[C@H]2CCN(CCc3c[nH]c4ccccc34)C(=O)[C@H]2C(C)O)c1. The fourth-order valence-corrected chi connectivity index (χ4v) is 5.27. The number of rotatable bonds is 8. The molecule has 1 aliphatic heterocycles. The first-order chi connectivity index (χ1) is 15.9. The average molecular weight is 470 g/mol. The van der Waals surface area contributed by atoms with Crippen molar-refractivity contribution in [1.29, 1.82) is 0 Å². The number of halogens is 1. The van der Waals surface area contributed by atoms with Gasteiger partial charge in [-0.1, -0.05) is 29.8 Å². The fourth-order valence-electron chi connectivity index (χ4n) is 5.03. The highest BCUT2D eigenvalue weighted by Crippen LogP contribution is 2.29. The molecule has 2 heterocycles. The van der Waals surface area contributed by atoms with Crippen LogP contribution in [0.2, 0.25) is 5.02 Å². The number of aliphatic hydroxyl groups excluding tert-OH is 1. The number of carbonyl (C=O) groups excluding carboxylic acids is 1. The summed E-state index contributed by atoms with van der Waals surface area (Å²) in [6.07, 6.45) is 2.89. The van der Waals surface area contributed by atoms with Gasteiger partial charge in [0.15, 0.2) is 0 Å². The minimum atomic E-state index is -0.727. The van der Waals surface area contributed by atoms with Crippen LogP contribution in [0.15, 0.2) is 48.7 Å². The van der Waals surface area contributed by atoms with Gasteiger partial charge in [-0.15, -0.1) is 0 Å². The lowest BCUT2D eigenvalue weighted by Crippen LogP contribution is -2.56. The topological polar surface area (TPSA) is 68.8 Å². The number of aromatic nitrogens is 1. The first-order valence-electron chi connectivity index (χ1n) is 11.4. The summed E-state index contributed by atoms with van der Waals surface area (Å²) in [6, 6.07) is 13.8. The Bertz CT molecular complexity index is 1110. The summed E-state index contributed by atoms with van der Waals surface area (Å²) in [5.74, 6) is 0.269. The molecule has 0 aliphatic carbocycles. The Hall–Kier alpha value is -2.54. The number of piperidine rings is 1. The third-order valence-electron chi connectivity index (χ3n) is 6.72. The number of amides is 1. The predicted octanol–water partition coefficient (Wildman–Crippen LogP) is 4.10. The van der Waals surface area contributed by atoms with Gasteiger partial charge in [0.05, 0.1) is 19.1 Å². The molecule has 33 heavy (non-hydrogen) atoms. The van der Waals surface area contributed by atoms with Gasteiger partial charge in [-0.05, 0) is 62.2 Å². The Morgan fingerprint density at radius 3 is 2.85 bits per heavy atom. The van der Waals surface area contributed by atoms with E-state index in [1.54, 1.807) is 20.1 Å². The summed E-state index contributed by atoms with van der Waals surface area (Å²) in [7, 11) is 3.62. The van der Waals surface area contributed by atoms with Crippen LogP contribution in [0.3, 0.4) is 0 Å². The van der Waals surface area contributed by atoms with E-state index >= 15 is 0 Å². The van der Waals surface area contributed by atoms with Crippen molar-refractivity contribution >= 4 is 28.4 Å². The quantitative estimate of drug-likeness (QED) is 0.521. The van der Waals surface area contributed by atoms with E-state index in [-0.39, 0.29) is 11.9 Å². The minimum absolute atomic E-state index is 0.0246. The van der Waals surface area contributed by atoms with Crippen LogP contribution in [-0.2, 0) is 17.8 Å². The maximum absolute atomic E-state index is 13.4. The Balaban J connectivity index is 1.44. The van der Waals surface area contributed by atoms with Crippen molar-refractivity contribution in [2.75, 3.05) is 27.2 Å². The monoisotopic (exact) mass is 469 g/mol. The number of ether oxygens (including phenoxy) is 1. The number of nitrogens with one attached hydrogen (secondary N) is 1.